The third-order valence-electron chi connectivity index (χ3n) is 2.27. The molecule has 0 aromatic carbocycles. The summed E-state index contributed by atoms with van der Waals surface area (Å²) in [5.41, 5.74) is -1.34. The molecule has 2 N–H and O–H groups in total. The van der Waals surface area contributed by atoms with Crippen LogP contribution in [0.25, 0.3) is 0 Å². The van der Waals surface area contributed by atoms with Gasteiger partial charge in [-0.15, -0.1) is 0 Å². The highest BCUT2D eigenvalue weighted by Gasteiger charge is 2.34. The van der Waals surface area contributed by atoms with Gasteiger partial charge < -0.3 is 15.2 Å². The van der Waals surface area contributed by atoms with Crippen molar-refractivity contribution in [3.8, 4) is 0 Å². The predicted octanol–water partition coefficient (Wildman–Crippen LogP) is 1.03. The van der Waals surface area contributed by atoms with E-state index >= 15 is 0 Å². The van der Waals surface area contributed by atoms with E-state index in [2.05, 4.69) is 5.32 Å². The van der Waals surface area contributed by atoms with Gasteiger partial charge >= 0.3 is 5.97 Å². The van der Waals surface area contributed by atoms with E-state index in [1.165, 1.54) is 14.0 Å². The summed E-state index contributed by atoms with van der Waals surface area (Å²) in [6.07, 6.45) is 1.08. The fraction of sp³-hybridized carbons (Fsp3) is 0.818. The number of carbonyl (C=O) groups is 2. The van der Waals surface area contributed by atoms with Crippen molar-refractivity contribution in [2.24, 2.45) is 5.92 Å². The van der Waals surface area contributed by atoms with E-state index < -0.39 is 11.5 Å². The van der Waals surface area contributed by atoms with E-state index in [1.807, 2.05) is 13.8 Å². The molecular weight excluding hydrogens is 210 g/mol. The molecule has 0 rings (SSSR count). The van der Waals surface area contributed by atoms with E-state index in [9.17, 15) is 9.59 Å². The van der Waals surface area contributed by atoms with Crippen molar-refractivity contribution < 1.29 is 19.4 Å². The normalized spacial score (nSPS) is 14.6. The Labute approximate surface area is 96.2 Å². The lowest BCUT2D eigenvalue weighted by Gasteiger charge is -2.25. The lowest BCUT2D eigenvalue weighted by molar-refractivity contribution is -0.149. The highest BCUT2D eigenvalue weighted by molar-refractivity contribution is 5.86. The number of hydrogen-bond acceptors (Lipinski definition) is 3. The molecule has 0 radical (unpaired) electrons. The molecule has 16 heavy (non-hydrogen) atoms. The summed E-state index contributed by atoms with van der Waals surface area (Å²) < 4.78 is 4.80. The first-order valence-electron chi connectivity index (χ1n) is 5.35. The zero-order valence-electron chi connectivity index (χ0n) is 10.4. The molecule has 0 aliphatic carbocycles. The van der Waals surface area contributed by atoms with Crippen molar-refractivity contribution in [3.05, 3.63) is 0 Å². The van der Waals surface area contributed by atoms with Crippen LogP contribution in [0.15, 0.2) is 0 Å². The first-order valence-corrected chi connectivity index (χ1v) is 5.35. The van der Waals surface area contributed by atoms with Gasteiger partial charge in [0.25, 0.3) is 0 Å². The number of carboxylic acids is 1. The predicted molar refractivity (Wildman–Crippen MR) is 60.1 cm³/mol. The SMILES string of the molecule is COCC(C)(NC(=O)CCC(C)C)C(=O)O. The lowest BCUT2D eigenvalue weighted by atomic mass is 10.0. The van der Waals surface area contributed by atoms with Crippen LogP contribution < -0.4 is 5.32 Å². The molecule has 0 spiro atoms. The van der Waals surface area contributed by atoms with E-state index in [-0.39, 0.29) is 12.5 Å². The van der Waals surface area contributed by atoms with E-state index in [0.717, 1.165) is 6.42 Å². The Hall–Kier alpha value is -1.10. The number of hydrogen-bond donors (Lipinski definition) is 2. The molecule has 0 heterocycles. The lowest BCUT2D eigenvalue weighted by Crippen LogP contribution is -2.55. The van der Waals surface area contributed by atoms with Gasteiger partial charge in [0, 0.05) is 13.5 Å². The number of methoxy groups -OCH3 is 1. The zero-order chi connectivity index (χ0) is 12.8. The molecule has 5 nitrogen and oxygen atoms in total. The van der Waals surface area contributed by atoms with Gasteiger partial charge in [0.05, 0.1) is 6.61 Å². The quantitative estimate of drug-likeness (QED) is 0.686. The highest BCUT2D eigenvalue weighted by atomic mass is 16.5. The molecule has 0 fully saturated rings. The van der Waals surface area contributed by atoms with Gasteiger partial charge in [0.15, 0.2) is 5.54 Å². The van der Waals surface area contributed by atoms with Gasteiger partial charge in [0.2, 0.25) is 5.91 Å². The number of nitrogens with one attached hydrogen (secondary N) is 1. The average Bonchev–Trinajstić information content (AvgIpc) is 2.14. The summed E-state index contributed by atoms with van der Waals surface area (Å²) in [4.78, 5) is 22.5. The average molecular weight is 231 g/mol. The van der Waals surface area contributed by atoms with Crippen LogP contribution in [0.1, 0.15) is 33.6 Å². The smallest absolute Gasteiger partial charge is 0.331 e. The molecule has 5 heteroatoms. The molecule has 0 saturated carbocycles. The molecule has 1 amide bonds. The van der Waals surface area contributed by atoms with Gasteiger partial charge in [0.1, 0.15) is 0 Å². The molecular formula is C11H21NO4. The summed E-state index contributed by atoms with van der Waals surface area (Å²) in [5, 5.41) is 11.5. The standard InChI is InChI=1S/C11H21NO4/c1-8(2)5-6-9(13)12-11(3,7-16-4)10(14)15/h8H,5-7H2,1-4H3,(H,12,13)(H,14,15). The second kappa shape index (κ2) is 6.48. The Morgan fingerprint density at radius 3 is 2.38 bits per heavy atom. The Kier molecular flexibility index (Phi) is 6.03. The third-order valence-corrected chi connectivity index (χ3v) is 2.27. The van der Waals surface area contributed by atoms with Gasteiger partial charge in [-0.3, -0.25) is 4.79 Å². The minimum absolute atomic E-state index is 0.0459. The molecule has 0 aromatic rings. The Bertz CT molecular complexity index is 252. The number of rotatable bonds is 7. The maximum absolute atomic E-state index is 11.5. The van der Waals surface area contributed by atoms with Crippen LogP contribution in [-0.2, 0) is 14.3 Å². The molecule has 1 atom stereocenters. The van der Waals surface area contributed by atoms with Crippen LogP contribution in [0.4, 0.5) is 0 Å². The molecule has 0 aliphatic heterocycles. The van der Waals surface area contributed by atoms with Crippen LogP contribution >= 0.6 is 0 Å². The maximum atomic E-state index is 11.5. The number of carbonyl (C=O) groups excluding carboxylic acids is 1. The number of amides is 1. The van der Waals surface area contributed by atoms with Gasteiger partial charge in [-0.2, -0.15) is 0 Å². The molecule has 0 aliphatic rings. The summed E-state index contributed by atoms with van der Waals surface area (Å²) >= 11 is 0. The first kappa shape index (κ1) is 14.9. The largest absolute Gasteiger partial charge is 0.479 e. The van der Waals surface area contributed by atoms with E-state index in [1.54, 1.807) is 0 Å². The summed E-state index contributed by atoms with van der Waals surface area (Å²) in [6, 6.07) is 0. The Morgan fingerprint density at radius 2 is 2.00 bits per heavy atom. The third kappa shape index (κ3) is 5.11. The van der Waals surface area contributed by atoms with Gasteiger partial charge in [-0.05, 0) is 19.3 Å². The van der Waals surface area contributed by atoms with Crippen LogP contribution in [0.2, 0.25) is 0 Å². The first-order chi connectivity index (χ1) is 7.31. The van der Waals surface area contributed by atoms with Crippen molar-refractivity contribution in [2.45, 2.75) is 39.2 Å². The van der Waals surface area contributed by atoms with E-state index in [4.69, 9.17) is 9.84 Å². The van der Waals surface area contributed by atoms with Crippen molar-refractivity contribution in [2.75, 3.05) is 13.7 Å². The number of ether oxygens (including phenoxy) is 1. The van der Waals surface area contributed by atoms with Crippen LogP contribution in [0.3, 0.4) is 0 Å². The minimum Gasteiger partial charge on any atom is -0.479 e. The van der Waals surface area contributed by atoms with Crippen molar-refractivity contribution in [1.29, 1.82) is 0 Å². The van der Waals surface area contributed by atoms with Gasteiger partial charge in [-0.1, -0.05) is 13.8 Å². The Morgan fingerprint density at radius 1 is 1.44 bits per heavy atom. The van der Waals surface area contributed by atoms with Crippen LogP contribution in [0, 0.1) is 5.92 Å². The molecule has 0 saturated heterocycles. The van der Waals surface area contributed by atoms with Crippen LogP contribution in [0.5, 0.6) is 0 Å². The summed E-state index contributed by atoms with van der Waals surface area (Å²) in [5.74, 6) is -0.924. The van der Waals surface area contributed by atoms with Crippen molar-refractivity contribution in [3.63, 3.8) is 0 Å². The summed E-state index contributed by atoms with van der Waals surface area (Å²) in [7, 11) is 1.40. The minimum atomic E-state index is -1.34. The monoisotopic (exact) mass is 231 g/mol. The number of aliphatic carboxylic acids is 1. The van der Waals surface area contributed by atoms with Crippen molar-refractivity contribution >= 4 is 11.9 Å². The number of carboxylic acid groups (broad SMARTS) is 1. The van der Waals surface area contributed by atoms with Gasteiger partial charge in [-0.25, -0.2) is 4.79 Å². The molecule has 94 valence electrons. The second-order valence-electron chi connectivity index (χ2n) is 4.55. The van der Waals surface area contributed by atoms with Crippen molar-refractivity contribution in [1.82, 2.24) is 5.32 Å². The second-order valence-corrected chi connectivity index (χ2v) is 4.55. The topological polar surface area (TPSA) is 75.6 Å². The fourth-order valence-electron chi connectivity index (χ4n) is 1.23. The van der Waals surface area contributed by atoms with Crippen LogP contribution in [-0.4, -0.2) is 36.2 Å². The van der Waals surface area contributed by atoms with E-state index in [0.29, 0.717) is 12.3 Å². The highest BCUT2D eigenvalue weighted by Crippen LogP contribution is 2.08. The maximum Gasteiger partial charge on any atom is 0.331 e. The zero-order valence-corrected chi connectivity index (χ0v) is 10.4. The molecule has 0 aromatic heterocycles. The fourth-order valence-corrected chi connectivity index (χ4v) is 1.23. The Balaban J connectivity index is 4.30. The summed E-state index contributed by atoms with van der Waals surface area (Å²) in [6.45, 7) is 5.42. The molecule has 1 unspecified atom stereocenters. The molecule has 0 bridgehead atoms.